The van der Waals surface area contributed by atoms with Crippen molar-refractivity contribution in [2.45, 2.75) is 25.8 Å². The first-order valence-corrected chi connectivity index (χ1v) is 4.37. The molecule has 2 rings (SSSR count). The Morgan fingerprint density at radius 2 is 2.23 bits per heavy atom. The average molecular weight is 177 g/mol. The molecule has 4 nitrogen and oxygen atoms in total. The standard InChI is InChI=1S/C9H11N3O/c1-6-2-5-8(12-11-6)9(13)10-7-3-4-7/h2,5,7H,3-4H2,1H3,(H,10,13). The lowest BCUT2D eigenvalue weighted by atomic mass is 10.3. The van der Waals surface area contributed by atoms with Crippen LogP contribution in [-0.4, -0.2) is 22.1 Å². The van der Waals surface area contributed by atoms with Crippen LogP contribution in [0.4, 0.5) is 0 Å². The Labute approximate surface area is 76.4 Å². The zero-order valence-electron chi connectivity index (χ0n) is 7.45. The van der Waals surface area contributed by atoms with E-state index in [4.69, 9.17) is 0 Å². The molecule has 1 aliphatic carbocycles. The second-order valence-corrected chi connectivity index (χ2v) is 3.31. The van der Waals surface area contributed by atoms with Crippen LogP contribution < -0.4 is 5.32 Å². The number of hydrogen-bond acceptors (Lipinski definition) is 3. The summed E-state index contributed by atoms with van der Waals surface area (Å²) in [6.45, 7) is 1.84. The van der Waals surface area contributed by atoms with Gasteiger partial charge in [0.2, 0.25) is 0 Å². The Morgan fingerprint density at radius 1 is 1.46 bits per heavy atom. The van der Waals surface area contributed by atoms with E-state index in [0.29, 0.717) is 11.7 Å². The fourth-order valence-corrected chi connectivity index (χ4v) is 1.01. The van der Waals surface area contributed by atoms with Gasteiger partial charge in [-0.05, 0) is 31.9 Å². The van der Waals surface area contributed by atoms with Crippen LogP contribution in [-0.2, 0) is 0 Å². The third-order valence-electron chi connectivity index (χ3n) is 1.94. The summed E-state index contributed by atoms with van der Waals surface area (Å²) in [6, 6.07) is 3.85. The van der Waals surface area contributed by atoms with Gasteiger partial charge in [0, 0.05) is 6.04 Å². The van der Waals surface area contributed by atoms with E-state index in [1.165, 1.54) is 0 Å². The van der Waals surface area contributed by atoms with Gasteiger partial charge in [-0.3, -0.25) is 4.79 Å². The highest BCUT2D eigenvalue weighted by atomic mass is 16.2. The highest BCUT2D eigenvalue weighted by Crippen LogP contribution is 2.18. The molecule has 0 spiro atoms. The summed E-state index contributed by atoms with van der Waals surface area (Å²) in [5.41, 5.74) is 1.22. The molecule has 1 aliphatic rings. The monoisotopic (exact) mass is 177 g/mol. The molecule has 1 saturated carbocycles. The summed E-state index contributed by atoms with van der Waals surface area (Å²) in [5.74, 6) is -0.116. The van der Waals surface area contributed by atoms with Gasteiger partial charge in [-0.15, -0.1) is 5.10 Å². The van der Waals surface area contributed by atoms with Crippen LogP contribution in [0, 0.1) is 6.92 Å². The number of carbonyl (C=O) groups is 1. The first-order chi connectivity index (χ1) is 6.25. The van der Waals surface area contributed by atoms with E-state index in [-0.39, 0.29) is 5.91 Å². The number of nitrogens with one attached hydrogen (secondary N) is 1. The topological polar surface area (TPSA) is 54.9 Å². The summed E-state index contributed by atoms with van der Waals surface area (Å²) in [5, 5.41) is 10.5. The van der Waals surface area contributed by atoms with Crippen molar-refractivity contribution in [2.75, 3.05) is 0 Å². The van der Waals surface area contributed by atoms with Crippen LogP contribution in [0.3, 0.4) is 0 Å². The molecule has 0 unspecified atom stereocenters. The van der Waals surface area contributed by atoms with Gasteiger partial charge in [-0.25, -0.2) is 0 Å². The van der Waals surface area contributed by atoms with E-state index >= 15 is 0 Å². The Hall–Kier alpha value is -1.45. The highest BCUT2D eigenvalue weighted by Gasteiger charge is 2.24. The van der Waals surface area contributed by atoms with Gasteiger partial charge in [-0.2, -0.15) is 5.10 Å². The predicted octanol–water partition coefficient (Wildman–Crippen LogP) is 0.677. The molecule has 1 fully saturated rings. The lowest BCUT2D eigenvalue weighted by molar-refractivity contribution is 0.0945. The third kappa shape index (κ3) is 2.02. The number of carbonyl (C=O) groups excluding carboxylic acids is 1. The maximum absolute atomic E-state index is 11.4. The molecule has 1 aromatic heterocycles. The molecule has 0 atom stereocenters. The van der Waals surface area contributed by atoms with Crippen LogP contribution in [0.25, 0.3) is 0 Å². The van der Waals surface area contributed by atoms with E-state index in [1.54, 1.807) is 12.1 Å². The van der Waals surface area contributed by atoms with Gasteiger partial charge in [0.1, 0.15) is 0 Å². The molecule has 0 radical (unpaired) electrons. The number of aryl methyl sites for hydroxylation is 1. The van der Waals surface area contributed by atoms with E-state index in [1.807, 2.05) is 6.92 Å². The second kappa shape index (κ2) is 3.12. The quantitative estimate of drug-likeness (QED) is 0.722. The second-order valence-electron chi connectivity index (χ2n) is 3.31. The van der Waals surface area contributed by atoms with Crippen molar-refractivity contribution in [1.29, 1.82) is 0 Å². The number of amides is 1. The Morgan fingerprint density at radius 3 is 2.77 bits per heavy atom. The van der Waals surface area contributed by atoms with Crippen molar-refractivity contribution >= 4 is 5.91 Å². The average Bonchev–Trinajstić information content (AvgIpc) is 2.89. The van der Waals surface area contributed by atoms with Crippen molar-refractivity contribution in [3.63, 3.8) is 0 Å². The molecule has 68 valence electrons. The van der Waals surface area contributed by atoms with Crippen LogP contribution in [0.15, 0.2) is 12.1 Å². The number of nitrogens with zero attached hydrogens (tertiary/aromatic N) is 2. The SMILES string of the molecule is Cc1ccc(C(=O)NC2CC2)nn1. The van der Waals surface area contributed by atoms with Gasteiger partial charge in [0.25, 0.3) is 5.91 Å². The van der Waals surface area contributed by atoms with Crippen molar-refractivity contribution in [3.8, 4) is 0 Å². The zero-order chi connectivity index (χ0) is 9.26. The summed E-state index contributed by atoms with van der Waals surface area (Å²) in [6.07, 6.45) is 2.18. The maximum Gasteiger partial charge on any atom is 0.272 e. The Kier molecular flexibility index (Phi) is 1.96. The number of hydrogen-bond donors (Lipinski definition) is 1. The third-order valence-corrected chi connectivity index (χ3v) is 1.94. The largest absolute Gasteiger partial charge is 0.348 e. The molecule has 1 heterocycles. The van der Waals surface area contributed by atoms with E-state index < -0.39 is 0 Å². The summed E-state index contributed by atoms with van der Waals surface area (Å²) in [7, 11) is 0. The summed E-state index contributed by atoms with van der Waals surface area (Å²) in [4.78, 5) is 11.4. The molecule has 0 bridgehead atoms. The van der Waals surface area contributed by atoms with Crippen LogP contribution in [0.5, 0.6) is 0 Å². The molecule has 0 aliphatic heterocycles. The molecular formula is C9H11N3O. The lowest BCUT2D eigenvalue weighted by Gasteiger charge is -2.00. The van der Waals surface area contributed by atoms with Crippen molar-refractivity contribution in [1.82, 2.24) is 15.5 Å². The van der Waals surface area contributed by atoms with Crippen LogP contribution in [0.1, 0.15) is 29.0 Å². The van der Waals surface area contributed by atoms with Gasteiger partial charge in [0.15, 0.2) is 5.69 Å². The molecule has 1 N–H and O–H groups in total. The number of aromatic nitrogens is 2. The van der Waals surface area contributed by atoms with Crippen molar-refractivity contribution in [3.05, 3.63) is 23.5 Å². The molecule has 0 aromatic carbocycles. The molecule has 0 saturated heterocycles. The van der Waals surface area contributed by atoms with Crippen molar-refractivity contribution in [2.24, 2.45) is 0 Å². The smallest absolute Gasteiger partial charge is 0.272 e. The van der Waals surface area contributed by atoms with Gasteiger partial charge < -0.3 is 5.32 Å². The first-order valence-electron chi connectivity index (χ1n) is 4.37. The molecule has 1 aromatic rings. The van der Waals surface area contributed by atoms with E-state index in [2.05, 4.69) is 15.5 Å². The minimum atomic E-state index is -0.116. The fourth-order valence-electron chi connectivity index (χ4n) is 1.01. The molecular weight excluding hydrogens is 166 g/mol. The Bertz CT molecular complexity index is 316. The van der Waals surface area contributed by atoms with E-state index in [9.17, 15) is 4.79 Å². The molecule has 4 heteroatoms. The van der Waals surface area contributed by atoms with Gasteiger partial charge in [-0.1, -0.05) is 0 Å². The normalized spacial score (nSPS) is 15.5. The lowest BCUT2D eigenvalue weighted by Crippen LogP contribution is -2.26. The summed E-state index contributed by atoms with van der Waals surface area (Å²) >= 11 is 0. The first kappa shape index (κ1) is 8.16. The van der Waals surface area contributed by atoms with Crippen molar-refractivity contribution < 1.29 is 4.79 Å². The van der Waals surface area contributed by atoms with E-state index in [0.717, 1.165) is 18.5 Å². The highest BCUT2D eigenvalue weighted by molar-refractivity contribution is 5.92. The zero-order valence-corrected chi connectivity index (χ0v) is 7.45. The number of rotatable bonds is 2. The minimum Gasteiger partial charge on any atom is -0.348 e. The fraction of sp³-hybridized carbons (Fsp3) is 0.444. The van der Waals surface area contributed by atoms with Gasteiger partial charge in [0.05, 0.1) is 5.69 Å². The molecule has 13 heavy (non-hydrogen) atoms. The molecule has 1 amide bonds. The minimum absolute atomic E-state index is 0.116. The van der Waals surface area contributed by atoms with Gasteiger partial charge >= 0.3 is 0 Å². The summed E-state index contributed by atoms with van der Waals surface area (Å²) < 4.78 is 0. The maximum atomic E-state index is 11.4. The Balaban J connectivity index is 2.05. The van der Waals surface area contributed by atoms with Crippen LogP contribution in [0.2, 0.25) is 0 Å². The van der Waals surface area contributed by atoms with Crippen LogP contribution >= 0.6 is 0 Å². The predicted molar refractivity (Wildman–Crippen MR) is 47.3 cm³/mol.